The molecule has 0 aliphatic heterocycles. The van der Waals surface area contributed by atoms with Crippen molar-refractivity contribution in [2.75, 3.05) is 13.7 Å². The maximum absolute atomic E-state index is 9.97. The van der Waals surface area contributed by atoms with Gasteiger partial charge in [0.1, 0.15) is 18.1 Å². The van der Waals surface area contributed by atoms with Crippen molar-refractivity contribution in [3.8, 4) is 11.5 Å². The molecule has 4 nitrogen and oxygen atoms in total. The Morgan fingerprint density at radius 1 is 1.16 bits per heavy atom. The molecular formula is C21H24O4. The van der Waals surface area contributed by atoms with Gasteiger partial charge in [-0.25, -0.2) is 0 Å². The van der Waals surface area contributed by atoms with Gasteiger partial charge >= 0.3 is 0 Å². The number of hydrogen-bond donors (Lipinski definition) is 1. The number of allylic oxidation sites excluding steroid dienone is 1. The summed E-state index contributed by atoms with van der Waals surface area (Å²) >= 11 is 0. The highest BCUT2D eigenvalue weighted by Gasteiger charge is 2.23. The van der Waals surface area contributed by atoms with Crippen molar-refractivity contribution >= 4 is 5.57 Å². The van der Waals surface area contributed by atoms with E-state index in [1.165, 1.54) is 5.56 Å². The predicted octanol–water partition coefficient (Wildman–Crippen LogP) is 3.96. The van der Waals surface area contributed by atoms with Gasteiger partial charge in [-0.05, 0) is 48.6 Å². The van der Waals surface area contributed by atoms with Crippen LogP contribution in [0.4, 0.5) is 0 Å². The van der Waals surface area contributed by atoms with E-state index in [1.54, 1.807) is 13.2 Å². The smallest absolute Gasteiger partial charge is 0.174 e. The SMILES string of the molecule is CCO[C@@H](O)/C=C1\CCc2cc(OC)cc(OCc3ccccc3)c21. The van der Waals surface area contributed by atoms with Gasteiger partial charge in [0, 0.05) is 18.2 Å². The standard InChI is InChI=1S/C21H24O4/c1-3-24-20(22)12-17-10-9-16-11-18(23-2)13-19(21(16)17)25-14-15-7-5-4-6-8-15/h4-8,11-13,20,22H,3,9-10,14H2,1-2H3/b17-12+/t20-/m1/s1. The normalized spacial score (nSPS) is 15.9. The van der Waals surface area contributed by atoms with Gasteiger partial charge in [-0.15, -0.1) is 0 Å². The highest BCUT2D eigenvalue weighted by Crippen LogP contribution is 2.42. The van der Waals surface area contributed by atoms with Crippen LogP contribution in [0.15, 0.2) is 48.5 Å². The van der Waals surface area contributed by atoms with Crippen LogP contribution in [-0.2, 0) is 17.8 Å². The van der Waals surface area contributed by atoms with Crippen LogP contribution in [0.5, 0.6) is 11.5 Å². The third-order valence-corrected chi connectivity index (χ3v) is 4.30. The van der Waals surface area contributed by atoms with E-state index in [-0.39, 0.29) is 0 Å². The van der Waals surface area contributed by atoms with Crippen molar-refractivity contribution in [2.45, 2.75) is 32.7 Å². The lowest BCUT2D eigenvalue weighted by atomic mass is 10.0. The summed E-state index contributed by atoms with van der Waals surface area (Å²) in [4.78, 5) is 0. The van der Waals surface area contributed by atoms with E-state index in [4.69, 9.17) is 14.2 Å². The van der Waals surface area contributed by atoms with Crippen LogP contribution in [-0.4, -0.2) is 25.1 Å². The Bertz CT molecular complexity index is 737. The first-order valence-electron chi connectivity index (χ1n) is 8.59. The number of aliphatic hydroxyl groups excluding tert-OH is 1. The Balaban J connectivity index is 1.90. The van der Waals surface area contributed by atoms with Crippen molar-refractivity contribution < 1.29 is 19.3 Å². The van der Waals surface area contributed by atoms with Crippen molar-refractivity contribution in [2.24, 2.45) is 0 Å². The molecule has 132 valence electrons. The summed E-state index contributed by atoms with van der Waals surface area (Å²) in [5, 5.41) is 9.97. The Morgan fingerprint density at radius 3 is 2.68 bits per heavy atom. The van der Waals surface area contributed by atoms with E-state index in [1.807, 2.05) is 49.4 Å². The minimum atomic E-state index is -0.893. The van der Waals surface area contributed by atoms with Crippen LogP contribution in [0.1, 0.15) is 30.0 Å². The zero-order chi connectivity index (χ0) is 17.6. The molecule has 0 unspecified atom stereocenters. The quantitative estimate of drug-likeness (QED) is 0.775. The molecule has 25 heavy (non-hydrogen) atoms. The van der Waals surface area contributed by atoms with Gasteiger partial charge < -0.3 is 19.3 Å². The second kappa shape index (κ2) is 8.19. The summed E-state index contributed by atoms with van der Waals surface area (Å²) in [5.74, 6) is 1.57. The van der Waals surface area contributed by atoms with Gasteiger partial charge in [0.15, 0.2) is 6.29 Å². The Labute approximate surface area is 148 Å². The maximum Gasteiger partial charge on any atom is 0.174 e. The molecule has 4 heteroatoms. The molecule has 0 aromatic heterocycles. The third kappa shape index (κ3) is 4.21. The first kappa shape index (κ1) is 17.5. The van der Waals surface area contributed by atoms with Gasteiger partial charge in [0.05, 0.1) is 7.11 Å². The Kier molecular flexibility index (Phi) is 5.74. The minimum absolute atomic E-state index is 0.470. The van der Waals surface area contributed by atoms with Crippen molar-refractivity contribution in [1.82, 2.24) is 0 Å². The topological polar surface area (TPSA) is 47.9 Å². The molecule has 1 aliphatic carbocycles. The maximum atomic E-state index is 9.97. The largest absolute Gasteiger partial charge is 0.497 e. The molecule has 0 bridgehead atoms. The third-order valence-electron chi connectivity index (χ3n) is 4.30. The number of hydrogen-bond acceptors (Lipinski definition) is 4. The molecule has 0 saturated carbocycles. The van der Waals surface area contributed by atoms with Crippen molar-refractivity contribution in [3.05, 3.63) is 65.2 Å². The van der Waals surface area contributed by atoms with E-state index in [2.05, 4.69) is 0 Å². The van der Waals surface area contributed by atoms with Gasteiger partial charge in [0.25, 0.3) is 0 Å². The van der Waals surface area contributed by atoms with Crippen LogP contribution in [0.25, 0.3) is 5.57 Å². The number of methoxy groups -OCH3 is 1. The van der Waals surface area contributed by atoms with Crippen LogP contribution in [0.3, 0.4) is 0 Å². The van der Waals surface area contributed by atoms with Crippen LogP contribution in [0.2, 0.25) is 0 Å². The number of aliphatic hydroxyl groups is 1. The van der Waals surface area contributed by atoms with E-state index < -0.39 is 6.29 Å². The summed E-state index contributed by atoms with van der Waals surface area (Å²) in [7, 11) is 1.66. The lowest BCUT2D eigenvalue weighted by Crippen LogP contribution is -2.08. The fourth-order valence-corrected chi connectivity index (χ4v) is 3.13. The van der Waals surface area contributed by atoms with Gasteiger partial charge in [-0.1, -0.05) is 30.3 Å². The molecule has 0 fully saturated rings. The van der Waals surface area contributed by atoms with Gasteiger partial charge in [0.2, 0.25) is 0 Å². The summed E-state index contributed by atoms with van der Waals surface area (Å²) in [6.45, 7) is 2.82. The molecule has 1 aliphatic rings. The number of benzene rings is 2. The van der Waals surface area contributed by atoms with E-state index in [0.29, 0.717) is 13.2 Å². The molecule has 0 radical (unpaired) electrons. The van der Waals surface area contributed by atoms with Crippen molar-refractivity contribution in [1.29, 1.82) is 0 Å². The average molecular weight is 340 g/mol. The molecule has 2 aromatic rings. The summed E-state index contributed by atoms with van der Waals surface area (Å²) in [6.07, 6.45) is 2.64. The molecule has 1 atom stereocenters. The summed E-state index contributed by atoms with van der Waals surface area (Å²) in [5.41, 5.74) is 4.39. The highest BCUT2D eigenvalue weighted by atomic mass is 16.6. The first-order valence-corrected chi connectivity index (χ1v) is 8.59. The second-order valence-electron chi connectivity index (χ2n) is 5.97. The van der Waals surface area contributed by atoms with E-state index >= 15 is 0 Å². The predicted molar refractivity (Wildman–Crippen MR) is 97.7 cm³/mol. The fraction of sp³-hybridized carbons (Fsp3) is 0.333. The zero-order valence-electron chi connectivity index (χ0n) is 14.7. The van der Waals surface area contributed by atoms with E-state index in [0.717, 1.165) is 41.0 Å². The molecule has 0 spiro atoms. The number of fused-ring (bicyclic) bond motifs is 1. The second-order valence-corrected chi connectivity index (χ2v) is 5.97. The van der Waals surface area contributed by atoms with Gasteiger partial charge in [-0.3, -0.25) is 0 Å². The summed E-state index contributed by atoms with van der Waals surface area (Å²) < 4.78 is 16.8. The molecule has 0 heterocycles. The average Bonchev–Trinajstić information content (AvgIpc) is 3.03. The fourth-order valence-electron chi connectivity index (χ4n) is 3.13. The molecule has 2 aromatic carbocycles. The van der Waals surface area contributed by atoms with Gasteiger partial charge in [-0.2, -0.15) is 0 Å². The lowest BCUT2D eigenvalue weighted by molar-refractivity contribution is -0.0584. The summed E-state index contributed by atoms with van der Waals surface area (Å²) in [6, 6.07) is 14.0. The number of aryl methyl sites for hydroxylation is 1. The van der Waals surface area contributed by atoms with Crippen LogP contribution in [0, 0.1) is 0 Å². The first-order chi connectivity index (χ1) is 12.2. The monoisotopic (exact) mass is 340 g/mol. The minimum Gasteiger partial charge on any atom is -0.497 e. The lowest BCUT2D eigenvalue weighted by Gasteiger charge is -2.15. The number of rotatable bonds is 7. The van der Waals surface area contributed by atoms with Crippen LogP contribution < -0.4 is 9.47 Å². The Morgan fingerprint density at radius 2 is 1.96 bits per heavy atom. The van der Waals surface area contributed by atoms with Crippen molar-refractivity contribution in [3.63, 3.8) is 0 Å². The molecule has 0 saturated heterocycles. The highest BCUT2D eigenvalue weighted by molar-refractivity contribution is 5.78. The van der Waals surface area contributed by atoms with E-state index in [9.17, 15) is 5.11 Å². The molecule has 3 rings (SSSR count). The zero-order valence-corrected chi connectivity index (χ0v) is 14.7. The Hall–Kier alpha value is -2.30. The molecule has 0 amide bonds. The molecular weight excluding hydrogens is 316 g/mol. The van der Waals surface area contributed by atoms with Crippen LogP contribution >= 0.6 is 0 Å². The molecule has 1 N–H and O–H groups in total. The number of ether oxygens (including phenoxy) is 3.